The van der Waals surface area contributed by atoms with Gasteiger partial charge in [-0.3, -0.25) is 4.98 Å². The topological polar surface area (TPSA) is 68.5 Å². The maximum Gasteiger partial charge on any atom is 0.424 e. The van der Waals surface area contributed by atoms with Crippen LogP contribution in [0.2, 0.25) is 0 Å². The van der Waals surface area contributed by atoms with Gasteiger partial charge in [0.2, 0.25) is 0 Å². The van der Waals surface area contributed by atoms with E-state index in [4.69, 9.17) is 10.6 Å². The van der Waals surface area contributed by atoms with Crippen LogP contribution >= 0.6 is 0 Å². The van der Waals surface area contributed by atoms with Gasteiger partial charge in [-0.1, -0.05) is 6.07 Å². The molecule has 1 amide bonds. The Morgan fingerprint density at radius 3 is 2.69 bits per heavy atom. The normalized spacial score (nSPS) is 11.0. The minimum absolute atomic E-state index is 0.232. The smallest absolute Gasteiger partial charge is 0.424 e. The van der Waals surface area contributed by atoms with E-state index < -0.39 is 11.7 Å². The van der Waals surface area contributed by atoms with Gasteiger partial charge >= 0.3 is 6.09 Å². The molecular formula is C11H17N3O2. The Bertz CT molecular complexity index is 346. The molecule has 0 bridgehead atoms. The highest BCUT2D eigenvalue weighted by Gasteiger charge is 2.20. The molecule has 0 unspecified atom stereocenters. The molecule has 1 rings (SSSR count). The minimum Gasteiger partial charge on any atom is -0.443 e. The van der Waals surface area contributed by atoms with Crippen molar-refractivity contribution in [2.75, 3.05) is 0 Å². The van der Waals surface area contributed by atoms with Crippen LogP contribution in [0.3, 0.4) is 0 Å². The highest BCUT2D eigenvalue weighted by atomic mass is 16.6. The monoisotopic (exact) mass is 223 g/mol. The maximum atomic E-state index is 11.5. The third-order valence-corrected chi connectivity index (χ3v) is 1.69. The van der Waals surface area contributed by atoms with Crippen molar-refractivity contribution in [1.82, 2.24) is 9.99 Å². The summed E-state index contributed by atoms with van der Waals surface area (Å²) >= 11 is 0. The Kier molecular flexibility index (Phi) is 3.84. The molecule has 5 nitrogen and oxygen atoms in total. The van der Waals surface area contributed by atoms with Crippen LogP contribution in [0.25, 0.3) is 0 Å². The van der Waals surface area contributed by atoms with Crippen molar-refractivity contribution in [1.29, 1.82) is 0 Å². The molecule has 2 N–H and O–H groups in total. The third-order valence-electron chi connectivity index (χ3n) is 1.69. The molecular weight excluding hydrogens is 206 g/mol. The molecule has 1 aromatic heterocycles. The number of carbonyl (C=O) groups is 1. The minimum atomic E-state index is -0.557. The van der Waals surface area contributed by atoms with E-state index in [-0.39, 0.29) is 6.54 Å². The van der Waals surface area contributed by atoms with E-state index >= 15 is 0 Å². The second-order valence-electron chi connectivity index (χ2n) is 4.43. The molecule has 0 saturated carbocycles. The number of hydrogen-bond acceptors (Lipinski definition) is 4. The Morgan fingerprint density at radius 2 is 2.19 bits per heavy atom. The first-order valence-corrected chi connectivity index (χ1v) is 5.03. The van der Waals surface area contributed by atoms with Gasteiger partial charge < -0.3 is 4.74 Å². The van der Waals surface area contributed by atoms with E-state index in [1.54, 1.807) is 39.1 Å². The van der Waals surface area contributed by atoms with Gasteiger partial charge in [0.05, 0.1) is 12.2 Å². The average molecular weight is 223 g/mol. The molecule has 88 valence electrons. The summed E-state index contributed by atoms with van der Waals surface area (Å²) in [5.74, 6) is 5.58. The van der Waals surface area contributed by atoms with E-state index in [1.165, 1.54) is 0 Å². The van der Waals surface area contributed by atoms with Gasteiger partial charge in [-0.05, 0) is 32.9 Å². The molecule has 0 aromatic carbocycles. The van der Waals surface area contributed by atoms with Crippen molar-refractivity contribution in [3.8, 4) is 0 Å². The number of ether oxygens (including phenoxy) is 1. The summed E-state index contributed by atoms with van der Waals surface area (Å²) in [6, 6.07) is 5.44. The fourth-order valence-electron chi connectivity index (χ4n) is 1.05. The summed E-state index contributed by atoms with van der Waals surface area (Å²) in [5, 5.41) is 1.01. The van der Waals surface area contributed by atoms with E-state index in [0.717, 1.165) is 10.7 Å². The zero-order valence-corrected chi connectivity index (χ0v) is 9.80. The largest absolute Gasteiger partial charge is 0.443 e. The lowest BCUT2D eigenvalue weighted by Crippen LogP contribution is -2.41. The van der Waals surface area contributed by atoms with Crippen LogP contribution in [0.4, 0.5) is 4.79 Å². The van der Waals surface area contributed by atoms with E-state index in [0.29, 0.717) is 0 Å². The summed E-state index contributed by atoms with van der Waals surface area (Å²) in [7, 11) is 0. The highest BCUT2D eigenvalue weighted by molar-refractivity contribution is 5.67. The average Bonchev–Trinajstić information content (AvgIpc) is 2.16. The van der Waals surface area contributed by atoms with E-state index in [1.807, 2.05) is 6.07 Å². The van der Waals surface area contributed by atoms with Crippen LogP contribution in [0.1, 0.15) is 26.5 Å². The van der Waals surface area contributed by atoms with Crippen LogP contribution < -0.4 is 5.84 Å². The first-order valence-electron chi connectivity index (χ1n) is 5.03. The number of pyridine rings is 1. The van der Waals surface area contributed by atoms with Crippen molar-refractivity contribution in [3.05, 3.63) is 30.1 Å². The van der Waals surface area contributed by atoms with Gasteiger partial charge in [-0.15, -0.1) is 0 Å². The standard InChI is InChI=1S/C11H17N3O2/c1-11(2,3)16-10(15)14(12)8-9-6-4-5-7-13-9/h4-7H,8,12H2,1-3H3. The lowest BCUT2D eigenvalue weighted by molar-refractivity contribution is 0.0229. The van der Waals surface area contributed by atoms with Gasteiger partial charge in [-0.25, -0.2) is 15.6 Å². The van der Waals surface area contributed by atoms with Gasteiger partial charge in [-0.2, -0.15) is 0 Å². The van der Waals surface area contributed by atoms with E-state index in [9.17, 15) is 4.79 Å². The molecule has 0 saturated heterocycles. The Morgan fingerprint density at radius 1 is 1.50 bits per heavy atom. The highest BCUT2D eigenvalue weighted by Crippen LogP contribution is 2.09. The number of nitrogens with two attached hydrogens (primary N) is 1. The molecule has 0 aliphatic heterocycles. The predicted octanol–water partition coefficient (Wildman–Crippen LogP) is 1.69. The van der Waals surface area contributed by atoms with Crippen LogP contribution in [0.15, 0.2) is 24.4 Å². The zero-order chi connectivity index (χ0) is 12.2. The second kappa shape index (κ2) is 4.94. The van der Waals surface area contributed by atoms with Crippen molar-refractivity contribution in [2.45, 2.75) is 32.9 Å². The van der Waals surface area contributed by atoms with Crippen LogP contribution in [0.5, 0.6) is 0 Å². The van der Waals surface area contributed by atoms with Crippen molar-refractivity contribution in [3.63, 3.8) is 0 Å². The summed E-state index contributed by atoms with van der Waals surface area (Å²) in [6.45, 7) is 5.61. The number of hydrogen-bond donors (Lipinski definition) is 1. The van der Waals surface area contributed by atoms with Crippen molar-refractivity contribution >= 4 is 6.09 Å². The molecule has 1 aromatic rings. The third kappa shape index (κ3) is 4.27. The number of aromatic nitrogens is 1. The molecule has 0 spiro atoms. The first-order chi connectivity index (χ1) is 7.38. The predicted molar refractivity (Wildman–Crippen MR) is 60.2 cm³/mol. The lowest BCUT2D eigenvalue weighted by atomic mass is 10.2. The summed E-state index contributed by atoms with van der Waals surface area (Å²) in [5.41, 5.74) is 0.176. The number of nitrogens with zero attached hydrogens (tertiary/aromatic N) is 2. The van der Waals surface area contributed by atoms with Crippen molar-refractivity contribution < 1.29 is 9.53 Å². The SMILES string of the molecule is CC(C)(C)OC(=O)N(N)Cc1ccccn1. The molecule has 0 radical (unpaired) electrons. The zero-order valence-electron chi connectivity index (χ0n) is 9.80. The molecule has 0 aliphatic rings. The maximum absolute atomic E-state index is 11.5. The Labute approximate surface area is 95.2 Å². The van der Waals surface area contributed by atoms with Crippen molar-refractivity contribution in [2.24, 2.45) is 5.84 Å². The number of carbonyl (C=O) groups excluding carboxylic acids is 1. The molecule has 16 heavy (non-hydrogen) atoms. The fourth-order valence-corrected chi connectivity index (χ4v) is 1.05. The van der Waals surface area contributed by atoms with Gasteiger partial charge in [0, 0.05) is 6.20 Å². The molecule has 1 heterocycles. The van der Waals surface area contributed by atoms with Crippen LogP contribution in [-0.2, 0) is 11.3 Å². The van der Waals surface area contributed by atoms with Crippen LogP contribution in [-0.4, -0.2) is 21.7 Å². The Hall–Kier alpha value is -1.62. The van der Waals surface area contributed by atoms with Crippen LogP contribution in [0, 0.1) is 0 Å². The fraction of sp³-hybridized carbons (Fsp3) is 0.455. The van der Waals surface area contributed by atoms with Gasteiger partial charge in [0.25, 0.3) is 0 Å². The molecule has 0 fully saturated rings. The van der Waals surface area contributed by atoms with Gasteiger partial charge in [0.1, 0.15) is 5.60 Å². The quantitative estimate of drug-likeness (QED) is 0.470. The summed E-state index contributed by atoms with van der Waals surface area (Å²) in [4.78, 5) is 15.6. The summed E-state index contributed by atoms with van der Waals surface area (Å²) < 4.78 is 5.11. The number of hydrazine groups is 1. The summed E-state index contributed by atoms with van der Waals surface area (Å²) in [6.07, 6.45) is 1.09. The van der Waals surface area contributed by atoms with E-state index in [2.05, 4.69) is 4.98 Å². The number of rotatable bonds is 2. The first kappa shape index (κ1) is 12.4. The Balaban J connectivity index is 2.53. The van der Waals surface area contributed by atoms with Gasteiger partial charge in [0.15, 0.2) is 0 Å². The molecule has 5 heteroatoms. The molecule has 0 aliphatic carbocycles. The number of amides is 1. The molecule has 0 atom stereocenters. The lowest BCUT2D eigenvalue weighted by Gasteiger charge is -2.23. The second-order valence-corrected chi connectivity index (χ2v) is 4.43.